The van der Waals surface area contributed by atoms with Crippen molar-refractivity contribution >= 4 is 11.8 Å². The van der Waals surface area contributed by atoms with Crippen molar-refractivity contribution in [2.75, 3.05) is 0 Å². The third-order valence-corrected chi connectivity index (χ3v) is 9.81. The van der Waals surface area contributed by atoms with Crippen molar-refractivity contribution in [3.8, 4) is 11.5 Å². The minimum Gasteiger partial charge on any atom is -0.508 e. The molecule has 1 aliphatic heterocycles. The summed E-state index contributed by atoms with van der Waals surface area (Å²) < 4.78 is 24.8. The second-order valence-corrected chi connectivity index (χ2v) is 13.2. The smallest absolute Gasteiger partial charge is 0.339 e. The Morgan fingerprint density at radius 3 is 2.10 bits per heavy atom. The molecule has 0 radical (unpaired) electrons. The van der Waals surface area contributed by atoms with Crippen molar-refractivity contribution in [1.82, 2.24) is 0 Å². The third-order valence-electron chi connectivity index (χ3n) is 9.81. The number of hydrogen-bond acceptors (Lipinski definition) is 5. The molecule has 0 amide bonds. The first-order chi connectivity index (χ1) is 22.9. The van der Waals surface area contributed by atoms with E-state index in [9.17, 15) is 14.0 Å². The summed E-state index contributed by atoms with van der Waals surface area (Å²) in [5, 5.41) is 9.01. The van der Waals surface area contributed by atoms with E-state index in [1.165, 1.54) is 23.3 Å². The second kappa shape index (κ2) is 16.1. The summed E-state index contributed by atoms with van der Waals surface area (Å²) in [6, 6.07) is 27.2. The summed E-state index contributed by atoms with van der Waals surface area (Å²) in [5.74, 6) is 1.72. The maximum atomic E-state index is 13.4. The van der Waals surface area contributed by atoms with Gasteiger partial charge < -0.3 is 14.6 Å². The van der Waals surface area contributed by atoms with Gasteiger partial charge in [0.1, 0.15) is 29.0 Å². The van der Waals surface area contributed by atoms with Crippen LogP contribution in [-0.4, -0.2) is 23.0 Å². The van der Waals surface area contributed by atoms with E-state index < -0.39 is 5.60 Å². The van der Waals surface area contributed by atoms with E-state index in [2.05, 4.69) is 27.7 Å². The zero-order valence-electron chi connectivity index (χ0n) is 29.3. The molecule has 0 spiro atoms. The molecule has 0 bridgehead atoms. The van der Waals surface area contributed by atoms with E-state index in [0.29, 0.717) is 35.1 Å². The molecule has 1 heterocycles. The van der Waals surface area contributed by atoms with E-state index in [1.54, 1.807) is 18.2 Å². The van der Waals surface area contributed by atoms with Crippen LogP contribution in [0.3, 0.4) is 0 Å². The lowest BCUT2D eigenvalue weighted by Crippen LogP contribution is -2.33. The minimum absolute atomic E-state index is 0.0117. The molecule has 5 atom stereocenters. The summed E-state index contributed by atoms with van der Waals surface area (Å²) in [4.78, 5) is 24.3. The first-order valence-corrected chi connectivity index (χ1v) is 17.1. The largest absolute Gasteiger partial charge is 0.508 e. The SMILES string of the molecule is CC1Oc2ccccc2C(=O)C1C.CCC(C)c1ccc(C(=O)OC2(C)CCc3cc(F)ccc32)cc1.CCC(C)c1ccc(O)cc1. The average molecular weight is 653 g/mol. The number of phenols is 1. The van der Waals surface area contributed by atoms with E-state index in [4.69, 9.17) is 14.6 Å². The summed E-state index contributed by atoms with van der Waals surface area (Å²) in [5.41, 5.74) is 4.94. The summed E-state index contributed by atoms with van der Waals surface area (Å²) in [6.45, 7) is 14.4. The van der Waals surface area contributed by atoms with Gasteiger partial charge in [-0.25, -0.2) is 9.18 Å². The Morgan fingerprint density at radius 2 is 1.50 bits per heavy atom. The van der Waals surface area contributed by atoms with Crippen LogP contribution in [0.25, 0.3) is 0 Å². The second-order valence-electron chi connectivity index (χ2n) is 13.2. The monoisotopic (exact) mass is 652 g/mol. The normalized spacial score (nSPS) is 20.4. The molecule has 0 saturated heterocycles. The van der Waals surface area contributed by atoms with Crippen molar-refractivity contribution in [2.45, 2.75) is 97.7 Å². The molecule has 254 valence electrons. The van der Waals surface area contributed by atoms with Gasteiger partial charge in [-0.05, 0) is 122 Å². The number of para-hydroxylation sites is 1. The molecule has 6 rings (SSSR count). The molecule has 0 aromatic heterocycles. The molecular formula is C42H49FO5. The number of benzene rings is 4. The lowest BCUT2D eigenvalue weighted by molar-refractivity contribution is -0.0112. The minimum atomic E-state index is -0.685. The number of rotatable bonds is 6. The Hall–Kier alpha value is -4.45. The Balaban J connectivity index is 0.000000182. The van der Waals surface area contributed by atoms with Gasteiger partial charge in [0, 0.05) is 0 Å². The first-order valence-electron chi connectivity index (χ1n) is 17.1. The number of aromatic hydroxyl groups is 1. The van der Waals surface area contributed by atoms with Crippen LogP contribution in [-0.2, 0) is 16.8 Å². The molecule has 0 fully saturated rings. The molecule has 0 saturated carbocycles. The van der Waals surface area contributed by atoms with Crippen molar-refractivity contribution in [1.29, 1.82) is 0 Å². The van der Waals surface area contributed by atoms with Gasteiger partial charge in [-0.1, -0.05) is 77.1 Å². The van der Waals surface area contributed by atoms with Crippen molar-refractivity contribution in [3.05, 3.63) is 130 Å². The van der Waals surface area contributed by atoms with Crippen LogP contribution in [0.5, 0.6) is 11.5 Å². The fourth-order valence-corrected chi connectivity index (χ4v) is 5.92. The molecule has 5 nitrogen and oxygen atoms in total. The maximum Gasteiger partial charge on any atom is 0.339 e. The molecule has 6 heteroatoms. The van der Waals surface area contributed by atoms with Crippen LogP contribution in [0.15, 0.2) is 91.0 Å². The number of aryl methyl sites for hydroxylation is 1. The van der Waals surface area contributed by atoms with Crippen LogP contribution in [0.4, 0.5) is 4.39 Å². The highest BCUT2D eigenvalue weighted by Crippen LogP contribution is 2.40. The Morgan fingerprint density at radius 1 is 0.917 bits per heavy atom. The number of ketones is 1. The Kier molecular flexibility index (Phi) is 12.2. The first kappa shape index (κ1) is 36.4. The van der Waals surface area contributed by atoms with Crippen LogP contribution in [0.2, 0.25) is 0 Å². The number of carbonyl (C=O) groups excluding carboxylic acids is 2. The summed E-state index contributed by atoms with van der Waals surface area (Å²) >= 11 is 0. The molecule has 1 aliphatic carbocycles. The fraction of sp³-hybridized carbons (Fsp3) is 0.381. The zero-order chi connectivity index (χ0) is 35.0. The van der Waals surface area contributed by atoms with Gasteiger partial charge in [0.2, 0.25) is 0 Å². The number of phenolic OH excluding ortho intramolecular Hbond substituents is 1. The standard InChI is InChI=1S/C21H23FO2.C11H12O2.C10H14O/c1-4-14(2)15-5-7-16(8-6-15)20(23)24-21(3)12-11-17-13-18(22)9-10-19(17)21;1-7-8(2)13-10-6-4-3-5-9(10)11(7)12;1-3-8(2)9-4-6-10(11)7-5-9/h5-10,13-14H,4,11-12H2,1-3H3;3-8H,1-2H3;4-8,11H,3H2,1-2H3. The van der Waals surface area contributed by atoms with Gasteiger partial charge in [0.25, 0.3) is 0 Å². The lowest BCUT2D eigenvalue weighted by Gasteiger charge is -2.27. The van der Waals surface area contributed by atoms with Gasteiger partial charge in [0.15, 0.2) is 5.78 Å². The molecule has 1 N–H and O–H groups in total. The highest BCUT2D eigenvalue weighted by Gasteiger charge is 2.38. The van der Waals surface area contributed by atoms with E-state index in [-0.39, 0.29) is 29.6 Å². The molecule has 4 aromatic rings. The molecule has 4 aromatic carbocycles. The van der Waals surface area contributed by atoms with Crippen LogP contribution < -0.4 is 4.74 Å². The van der Waals surface area contributed by atoms with Gasteiger partial charge in [-0.3, -0.25) is 4.79 Å². The highest BCUT2D eigenvalue weighted by atomic mass is 19.1. The molecule has 48 heavy (non-hydrogen) atoms. The predicted octanol–water partition coefficient (Wildman–Crippen LogP) is 10.5. The predicted molar refractivity (Wildman–Crippen MR) is 189 cm³/mol. The average Bonchev–Trinajstić information content (AvgIpc) is 3.42. The van der Waals surface area contributed by atoms with Crippen molar-refractivity contribution in [3.63, 3.8) is 0 Å². The summed E-state index contributed by atoms with van der Waals surface area (Å²) in [7, 11) is 0. The number of hydrogen-bond donors (Lipinski definition) is 1. The third kappa shape index (κ3) is 8.71. The van der Waals surface area contributed by atoms with E-state index >= 15 is 0 Å². The number of esters is 1. The van der Waals surface area contributed by atoms with Crippen LogP contribution in [0, 0.1) is 11.7 Å². The van der Waals surface area contributed by atoms with Gasteiger partial charge >= 0.3 is 5.97 Å². The number of Topliss-reactive ketones (excluding diaryl/α,β-unsaturated/α-hetero) is 1. The number of fused-ring (bicyclic) bond motifs is 2. The van der Waals surface area contributed by atoms with Gasteiger partial charge in [-0.2, -0.15) is 0 Å². The van der Waals surface area contributed by atoms with Crippen molar-refractivity contribution < 1.29 is 28.6 Å². The zero-order valence-corrected chi connectivity index (χ0v) is 29.3. The van der Waals surface area contributed by atoms with Gasteiger partial charge in [0.05, 0.1) is 17.0 Å². The van der Waals surface area contributed by atoms with Crippen LogP contribution in [0.1, 0.15) is 123 Å². The van der Waals surface area contributed by atoms with E-state index in [0.717, 1.165) is 36.1 Å². The van der Waals surface area contributed by atoms with Crippen molar-refractivity contribution in [2.24, 2.45) is 5.92 Å². The fourth-order valence-electron chi connectivity index (χ4n) is 5.92. The molecule has 2 aliphatic rings. The van der Waals surface area contributed by atoms with Gasteiger partial charge in [-0.15, -0.1) is 0 Å². The number of carbonyl (C=O) groups is 2. The Labute approximate surface area is 285 Å². The number of ether oxygens (including phenoxy) is 2. The Bertz CT molecular complexity index is 1680. The van der Waals surface area contributed by atoms with Crippen LogP contribution >= 0.6 is 0 Å². The van der Waals surface area contributed by atoms with E-state index in [1.807, 2.05) is 81.4 Å². The molecule has 5 unspecified atom stereocenters. The summed E-state index contributed by atoms with van der Waals surface area (Å²) in [6.07, 6.45) is 3.61. The quantitative estimate of drug-likeness (QED) is 0.210. The molecular weight excluding hydrogens is 603 g/mol. The number of halogens is 1. The highest BCUT2D eigenvalue weighted by molar-refractivity contribution is 6.01. The topological polar surface area (TPSA) is 72.8 Å². The maximum absolute atomic E-state index is 13.4. The lowest BCUT2D eigenvalue weighted by atomic mass is 9.92.